The van der Waals surface area contributed by atoms with E-state index < -0.39 is 0 Å². The molecule has 0 aliphatic rings. The summed E-state index contributed by atoms with van der Waals surface area (Å²) in [5, 5.41) is 5.99. The smallest absolute Gasteiger partial charge is 0.261 e. The summed E-state index contributed by atoms with van der Waals surface area (Å²) in [6.45, 7) is 5.54. The van der Waals surface area contributed by atoms with Crippen LogP contribution < -0.4 is 20.1 Å². The molecule has 2 rings (SSSR count). The van der Waals surface area contributed by atoms with Crippen molar-refractivity contribution in [2.24, 2.45) is 0 Å². The van der Waals surface area contributed by atoms with Gasteiger partial charge in [-0.05, 0) is 55.4 Å². The zero-order chi connectivity index (χ0) is 22.5. The molecule has 0 aromatic heterocycles. The Kier molecular flexibility index (Phi) is 11.4. The highest BCUT2D eigenvalue weighted by Gasteiger charge is 2.15. The molecule has 0 saturated carbocycles. The lowest BCUT2D eigenvalue weighted by atomic mass is 10.2. The van der Waals surface area contributed by atoms with Crippen molar-refractivity contribution in [1.29, 1.82) is 0 Å². The fraction of sp³-hybridized carbons (Fsp3) is 0.417. The number of carbonyl (C=O) groups is 1. The molecule has 0 atom stereocenters. The number of hydrogen-bond donors (Lipinski definition) is 2. The van der Waals surface area contributed by atoms with Gasteiger partial charge in [0.15, 0.2) is 5.11 Å². The molecule has 0 radical (unpaired) electrons. The number of anilines is 1. The molecule has 0 heterocycles. The number of halogens is 1. The number of amides is 1. The molecular formula is C24H31BrN2O3S. The molecule has 0 spiro atoms. The molecular weight excluding hydrogens is 476 g/mol. The monoisotopic (exact) mass is 506 g/mol. The molecule has 0 aliphatic carbocycles. The lowest BCUT2D eigenvalue weighted by Crippen LogP contribution is -2.34. The average molecular weight is 507 g/mol. The standard InChI is InChI=1S/C24H31BrN2O3S/c1-3-5-7-8-15-30-22-13-12-18(25)16-21(22)23(28)27-24(31)26-19-10-9-11-20(17-19)29-14-6-4-2/h9-13,16-17H,3-8,14-15H2,1-2H3,(H2,26,27,28,31). The molecule has 2 aromatic carbocycles. The van der Waals surface area contributed by atoms with Crippen molar-refractivity contribution in [2.45, 2.75) is 52.4 Å². The zero-order valence-electron chi connectivity index (χ0n) is 18.2. The van der Waals surface area contributed by atoms with Crippen molar-refractivity contribution in [2.75, 3.05) is 18.5 Å². The summed E-state index contributed by atoms with van der Waals surface area (Å²) >= 11 is 8.76. The van der Waals surface area contributed by atoms with Crippen LogP contribution >= 0.6 is 28.1 Å². The van der Waals surface area contributed by atoms with Crippen LogP contribution in [0.4, 0.5) is 5.69 Å². The number of hydrogen-bond acceptors (Lipinski definition) is 4. The van der Waals surface area contributed by atoms with Gasteiger partial charge in [0.25, 0.3) is 5.91 Å². The minimum absolute atomic E-state index is 0.213. The van der Waals surface area contributed by atoms with Crippen molar-refractivity contribution < 1.29 is 14.3 Å². The molecule has 7 heteroatoms. The van der Waals surface area contributed by atoms with Gasteiger partial charge < -0.3 is 14.8 Å². The van der Waals surface area contributed by atoms with Crippen LogP contribution in [0.25, 0.3) is 0 Å². The van der Waals surface area contributed by atoms with E-state index in [2.05, 4.69) is 40.4 Å². The third kappa shape index (κ3) is 9.27. The Hall–Kier alpha value is -2.12. The summed E-state index contributed by atoms with van der Waals surface area (Å²) in [4.78, 5) is 12.8. The Morgan fingerprint density at radius 2 is 1.74 bits per heavy atom. The Balaban J connectivity index is 1.95. The number of thiocarbonyl (C=S) groups is 1. The van der Waals surface area contributed by atoms with Crippen LogP contribution in [-0.4, -0.2) is 24.2 Å². The molecule has 1 amide bonds. The van der Waals surface area contributed by atoms with E-state index in [4.69, 9.17) is 21.7 Å². The van der Waals surface area contributed by atoms with E-state index >= 15 is 0 Å². The third-order valence-electron chi connectivity index (χ3n) is 4.53. The fourth-order valence-electron chi connectivity index (χ4n) is 2.85. The highest BCUT2D eigenvalue weighted by molar-refractivity contribution is 9.10. The summed E-state index contributed by atoms with van der Waals surface area (Å²) < 4.78 is 12.4. The van der Waals surface area contributed by atoms with Crippen molar-refractivity contribution in [3.05, 3.63) is 52.5 Å². The van der Waals surface area contributed by atoms with Crippen LogP contribution in [0.3, 0.4) is 0 Å². The van der Waals surface area contributed by atoms with Gasteiger partial charge in [-0.15, -0.1) is 0 Å². The minimum Gasteiger partial charge on any atom is -0.494 e. The van der Waals surface area contributed by atoms with Crippen molar-refractivity contribution in [3.63, 3.8) is 0 Å². The molecule has 5 nitrogen and oxygen atoms in total. The molecule has 0 fully saturated rings. The van der Waals surface area contributed by atoms with Gasteiger partial charge in [-0.25, -0.2) is 0 Å². The second-order valence-corrected chi connectivity index (χ2v) is 8.51. The van der Waals surface area contributed by atoms with E-state index in [-0.39, 0.29) is 11.0 Å². The van der Waals surface area contributed by atoms with Gasteiger partial charge in [0, 0.05) is 16.2 Å². The van der Waals surface area contributed by atoms with Crippen LogP contribution in [0.15, 0.2) is 46.9 Å². The first kappa shape index (κ1) is 25.1. The molecule has 0 bridgehead atoms. The topological polar surface area (TPSA) is 59.6 Å². The Morgan fingerprint density at radius 3 is 2.52 bits per heavy atom. The molecule has 0 saturated heterocycles. The molecule has 2 aromatic rings. The summed E-state index contributed by atoms with van der Waals surface area (Å²) in [5.74, 6) is 0.988. The van der Waals surface area contributed by atoms with Crippen LogP contribution in [-0.2, 0) is 0 Å². The van der Waals surface area contributed by atoms with Crippen molar-refractivity contribution >= 4 is 44.9 Å². The number of rotatable bonds is 12. The maximum Gasteiger partial charge on any atom is 0.261 e. The molecule has 168 valence electrons. The number of carbonyl (C=O) groups excluding carboxylic acids is 1. The first-order valence-electron chi connectivity index (χ1n) is 10.8. The quantitative estimate of drug-likeness (QED) is 0.247. The van der Waals surface area contributed by atoms with E-state index in [1.165, 1.54) is 12.8 Å². The number of nitrogens with one attached hydrogen (secondary N) is 2. The zero-order valence-corrected chi connectivity index (χ0v) is 20.6. The van der Waals surface area contributed by atoms with Crippen LogP contribution in [0.2, 0.25) is 0 Å². The van der Waals surface area contributed by atoms with E-state index in [1.807, 2.05) is 30.3 Å². The Morgan fingerprint density at radius 1 is 0.968 bits per heavy atom. The lowest BCUT2D eigenvalue weighted by Gasteiger charge is -2.14. The van der Waals surface area contributed by atoms with E-state index in [0.29, 0.717) is 24.5 Å². The third-order valence-corrected chi connectivity index (χ3v) is 5.22. The van der Waals surface area contributed by atoms with E-state index in [0.717, 1.165) is 41.6 Å². The highest BCUT2D eigenvalue weighted by atomic mass is 79.9. The summed E-state index contributed by atoms with van der Waals surface area (Å²) in [7, 11) is 0. The van der Waals surface area contributed by atoms with Gasteiger partial charge in [0.1, 0.15) is 11.5 Å². The van der Waals surface area contributed by atoms with E-state index in [9.17, 15) is 4.79 Å². The number of unbranched alkanes of at least 4 members (excludes halogenated alkanes) is 4. The maximum absolute atomic E-state index is 12.8. The van der Waals surface area contributed by atoms with Crippen LogP contribution in [0.1, 0.15) is 62.7 Å². The van der Waals surface area contributed by atoms with Crippen LogP contribution in [0.5, 0.6) is 11.5 Å². The van der Waals surface area contributed by atoms with Crippen molar-refractivity contribution in [3.8, 4) is 11.5 Å². The predicted molar refractivity (Wildman–Crippen MR) is 134 cm³/mol. The fourth-order valence-corrected chi connectivity index (χ4v) is 3.42. The van der Waals surface area contributed by atoms with Gasteiger partial charge in [-0.1, -0.05) is 61.5 Å². The maximum atomic E-state index is 12.8. The largest absolute Gasteiger partial charge is 0.494 e. The van der Waals surface area contributed by atoms with E-state index in [1.54, 1.807) is 12.1 Å². The van der Waals surface area contributed by atoms with Gasteiger partial charge in [-0.2, -0.15) is 0 Å². The molecule has 2 N–H and O–H groups in total. The molecule has 0 unspecified atom stereocenters. The normalized spacial score (nSPS) is 10.4. The second-order valence-electron chi connectivity index (χ2n) is 7.19. The summed E-state index contributed by atoms with van der Waals surface area (Å²) in [6, 6.07) is 12.9. The van der Waals surface area contributed by atoms with Gasteiger partial charge >= 0.3 is 0 Å². The number of benzene rings is 2. The van der Waals surface area contributed by atoms with Gasteiger partial charge in [0.05, 0.1) is 18.8 Å². The average Bonchev–Trinajstić information content (AvgIpc) is 2.75. The second kappa shape index (κ2) is 14.0. The number of ether oxygens (including phenoxy) is 2. The predicted octanol–water partition coefficient (Wildman–Crippen LogP) is 6.71. The van der Waals surface area contributed by atoms with Gasteiger partial charge in [0.2, 0.25) is 0 Å². The first-order chi connectivity index (χ1) is 15.0. The first-order valence-corrected chi connectivity index (χ1v) is 12.0. The minimum atomic E-state index is -0.322. The van der Waals surface area contributed by atoms with Crippen LogP contribution in [0, 0.1) is 0 Å². The SMILES string of the molecule is CCCCCCOc1ccc(Br)cc1C(=O)NC(=S)Nc1cccc(OCCCC)c1. The lowest BCUT2D eigenvalue weighted by molar-refractivity contribution is 0.0973. The van der Waals surface area contributed by atoms with Gasteiger partial charge in [-0.3, -0.25) is 10.1 Å². The summed E-state index contributed by atoms with van der Waals surface area (Å²) in [5.41, 5.74) is 1.19. The highest BCUT2D eigenvalue weighted by Crippen LogP contribution is 2.24. The summed E-state index contributed by atoms with van der Waals surface area (Å²) in [6.07, 6.45) is 6.51. The van der Waals surface area contributed by atoms with Crippen molar-refractivity contribution in [1.82, 2.24) is 5.32 Å². The Labute approximate surface area is 199 Å². The molecule has 31 heavy (non-hydrogen) atoms. The Bertz CT molecular complexity index is 860. The molecule has 0 aliphatic heterocycles.